The summed E-state index contributed by atoms with van der Waals surface area (Å²) in [5, 5.41) is 19.2. The molecule has 0 radical (unpaired) electrons. The van der Waals surface area contributed by atoms with E-state index in [4.69, 9.17) is 0 Å². The first-order valence-corrected chi connectivity index (χ1v) is 12.0. The number of halogens is 2. The summed E-state index contributed by atoms with van der Waals surface area (Å²) < 4.78 is 0. The maximum atomic E-state index is 13.4. The molecule has 3 rings (SSSR count). The Hall–Kier alpha value is -2.83. The number of benzene rings is 2. The highest BCUT2D eigenvalue weighted by Gasteiger charge is 2.27. The largest absolute Gasteiger partial charge is 0.353 e. The number of hydrogen-bond acceptors (Lipinski definition) is 6. The number of fused-ring (bicyclic) bond motifs is 1. The fraction of sp³-hybridized carbons (Fsp3) is 0.444. The molecule has 1 aliphatic heterocycles. The molecule has 0 bridgehead atoms. The van der Waals surface area contributed by atoms with Crippen LogP contribution in [0.1, 0.15) is 41.7 Å². The van der Waals surface area contributed by atoms with Crippen LogP contribution in [0, 0.1) is 25.2 Å². The third-order valence-corrected chi connectivity index (χ3v) is 6.21. The monoisotopic (exact) mass is 548 g/mol. The summed E-state index contributed by atoms with van der Waals surface area (Å²) in [5.41, 5.74) is 5.53. The molecule has 10 heteroatoms. The van der Waals surface area contributed by atoms with Crippen LogP contribution < -0.4 is 15.5 Å². The summed E-state index contributed by atoms with van der Waals surface area (Å²) >= 11 is 0. The second-order valence-corrected chi connectivity index (χ2v) is 9.39. The topological polar surface area (TPSA) is 91.7 Å². The molecule has 1 aliphatic rings. The summed E-state index contributed by atoms with van der Waals surface area (Å²) in [7, 11) is 1.78. The van der Waals surface area contributed by atoms with Crippen LogP contribution in [0.15, 0.2) is 36.4 Å². The minimum absolute atomic E-state index is 0. The highest BCUT2D eigenvalue weighted by molar-refractivity contribution is 5.87. The van der Waals surface area contributed by atoms with Gasteiger partial charge in [0.1, 0.15) is 0 Å². The van der Waals surface area contributed by atoms with Crippen molar-refractivity contribution in [2.45, 2.75) is 46.8 Å². The van der Waals surface area contributed by atoms with E-state index in [0.29, 0.717) is 37.8 Å². The van der Waals surface area contributed by atoms with Gasteiger partial charge < -0.3 is 15.5 Å². The SMILES string of the molecule is Cc1cc(C#N)cc(C)c1N(CC(=O)NCCNC(C)C)CC(=O)N(C)N1Cc2ccccc2C1.Cl.Cl. The van der Waals surface area contributed by atoms with Crippen LogP contribution in [0.4, 0.5) is 5.69 Å². The zero-order valence-corrected chi connectivity index (χ0v) is 23.8. The maximum absolute atomic E-state index is 13.4. The number of nitriles is 1. The predicted molar refractivity (Wildman–Crippen MR) is 152 cm³/mol. The number of carbonyl (C=O) groups excluding carboxylic acids is 2. The lowest BCUT2D eigenvalue weighted by molar-refractivity contribution is -0.145. The molecule has 2 amide bonds. The van der Waals surface area contributed by atoms with Crippen LogP contribution in [-0.4, -0.2) is 61.1 Å². The molecule has 0 aliphatic carbocycles. The van der Waals surface area contributed by atoms with E-state index in [1.54, 1.807) is 24.2 Å². The third kappa shape index (κ3) is 8.61. The van der Waals surface area contributed by atoms with Crippen molar-refractivity contribution in [3.05, 3.63) is 64.2 Å². The summed E-state index contributed by atoms with van der Waals surface area (Å²) in [4.78, 5) is 28.0. The lowest BCUT2D eigenvalue weighted by Crippen LogP contribution is -2.48. The highest BCUT2D eigenvalue weighted by Crippen LogP contribution is 2.27. The molecule has 0 saturated carbocycles. The standard InChI is InChI=1S/C27H36N6O2.2ClH/c1-19(2)29-10-11-30-25(34)17-32(27-20(3)12-22(14-28)13-21(27)4)18-26(35)31(5)33-15-23-8-6-7-9-24(23)16-33;;/h6-9,12-13,19,29H,10-11,15-18H2,1-5H3,(H,30,34);2*1H. The summed E-state index contributed by atoms with van der Waals surface area (Å²) in [6.07, 6.45) is 0. The number of nitrogens with zero attached hydrogens (tertiary/aromatic N) is 4. The number of amides is 2. The lowest BCUT2D eigenvalue weighted by atomic mass is 10.0. The summed E-state index contributed by atoms with van der Waals surface area (Å²) in [5.74, 6) is -0.252. The van der Waals surface area contributed by atoms with Crippen molar-refractivity contribution >= 4 is 42.3 Å². The number of rotatable bonds is 10. The first-order chi connectivity index (χ1) is 16.7. The zero-order valence-electron chi connectivity index (χ0n) is 22.2. The van der Waals surface area contributed by atoms with Crippen LogP contribution >= 0.6 is 24.8 Å². The third-order valence-electron chi connectivity index (χ3n) is 6.21. The molecule has 2 aromatic rings. The molecule has 2 aromatic carbocycles. The van der Waals surface area contributed by atoms with E-state index in [-0.39, 0.29) is 49.7 Å². The molecule has 0 fully saturated rings. The van der Waals surface area contributed by atoms with Gasteiger partial charge in [0, 0.05) is 45.0 Å². The van der Waals surface area contributed by atoms with Gasteiger partial charge in [-0.05, 0) is 48.2 Å². The van der Waals surface area contributed by atoms with Crippen LogP contribution in [0.25, 0.3) is 0 Å². The van der Waals surface area contributed by atoms with E-state index in [1.165, 1.54) is 11.1 Å². The molecule has 1 heterocycles. The van der Waals surface area contributed by atoms with Crippen LogP contribution in [-0.2, 0) is 22.7 Å². The quantitative estimate of drug-likeness (QED) is 0.442. The summed E-state index contributed by atoms with van der Waals surface area (Å²) in [6.45, 7) is 10.6. The van der Waals surface area contributed by atoms with Crippen molar-refractivity contribution in [3.63, 3.8) is 0 Å². The van der Waals surface area contributed by atoms with E-state index < -0.39 is 0 Å². The minimum Gasteiger partial charge on any atom is -0.353 e. The fourth-order valence-corrected chi connectivity index (χ4v) is 4.48. The number of carbonyl (C=O) groups is 2. The average molecular weight is 550 g/mol. The molecule has 0 saturated heterocycles. The normalized spacial score (nSPS) is 12.1. The van der Waals surface area contributed by atoms with Crippen molar-refractivity contribution in [2.24, 2.45) is 0 Å². The lowest BCUT2D eigenvalue weighted by Gasteiger charge is -2.32. The molecule has 8 nitrogen and oxygen atoms in total. The van der Waals surface area contributed by atoms with Crippen molar-refractivity contribution in [1.82, 2.24) is 20.7 Å². The van der Waals surface area contributed by atoms with Crippen LogP contribution in [0.2, 0.25) is 0 Å². The molecule has 2 N–H and O–H groups in total. The van der Waals surface area contributed by atoms with Gasteiger partial charge in [-0.3, -0.25) is 14.6 Å². The van der Waals surface area contributed by atoms with Gasteiger partial charge in [-0.15, -0.1) is 24.8 Å². The Morgan fingerprint density at radius 1 is 1.03 bits per heavy atom. The van der Waals surface area contributed by atoms with Gasteiger partial charge in [0.05, 0.1) is 24.7 Å². The van der Waals surface area contributed by atoms with E-state index in [2.05, 4.69) is 42.7 Å². The Morgan fingerprint density at radius 3 is 2.11 bits per heavy atom. The van der Waals surface area contributed by atoms with Crippen molar-refractivity contribution in [3.8, 4) is 6.07 Å². The van der Waals surface area contributed by atoms with Gasteiger partial charge in [0.2, 0.25) is 5.91 Å². The Labute approximate surface area is 232 Å². The van der Waals surface area contributed by atoms with Crippen LogP contribution in [0.5, 0.6) is 0 Å². The van der Waals surface area contributed by atoms with E-state index in [1.807, 2.05) is 35.9 Å². The van der Waals surface area contributed by atoms with Crippen LogP contribution in [0.3, 0.4) is 0 Å². The first-order valence-electron chi connectivity index (χ1n) is 12.0. The average Bonchev–Trinajstić information content (AvgIpc) is 3.24. The van der Waals surface area contributed by atoms with Gasteiger partial charge in [-0.2, -0.15) is 5.26 Å². The second-order valence-electron chi connectivity index (χ2n) is 9.39. The molecule has 0 spiro atoms. The fourth-order valence-electron chi connectivity index (χ4n) is 4.48. The Morgan fingerprint density at radius 2 is 1.59 bits per heavy atom. The first kappa shape index (κ1) is 32.2. The zero-order chi connectivity index (χ0) is 25.5. The molecular weight excluding hydrogens is 511 g/mol. The minimum atomic E-state index is -0.150. The second kappa shape index (κ2) is 14.8. The number of nitrogens with one attached hydrogen (secondary N) is 2. The number of anilines is 1. The molecular formula is C27H38Cl2N6O2. The van der Waals surface area contributed by atoms with Crippen molar-refractivity contribution in [2.75, 3.05) is 38.1 Å². The van der Waals surface area contributed by atoms with Gasteiger partial charge >= 0.3 is 0 Å². The number of likely N-dealkylation sites (N-methyl/N-ethyl adjacent to an activating group) is 1. The van der Waals surface area contributed by atoms with Gasteiger partial charge in [-0.1, -0.05) is 38.1 Å². The van der Waals surface area contributed by atoms with Crippen molar-refractivity contribution in [1.29, 1.82) is 5.26 Å². The van der Waals surface area contributed by atoms with E-state index in [0.717, 1.165) is 16.8 Å². The van der Waals surface area contributed by atoms with E-state index >= 15 is 0 Å². The predicted octanol–water partition coefficient (Wildman–Crippen LogP) is 3.33. The molecule has 0 aromatic heterocycles. The Kier molecular flexibility index (Phi) is 12.9. The Balaban J connectivity index is 0.00000342. The van der Waals surface area contributed by atoms with Gasteiger partial charge in [0.15, 0.2) is 0 Å². The highest BCUT2D eigenvalue weighted by atomic mass is 35.5. The van der Waals surface area contributed by atoms with Gasteiger partial charge in [0.25, 0.3) is 5.91 Å². The maximum Gasteiger partial charge on any atom is 0.256 e. The molecule has 0 unspecified atom stereocenters. The smallest absolute Gasteiger partial charge is 0.256 e. The number of aryl methyl sites for hydroxylation is 2. The molecule has 202 valence electrons. The Bertz CT molecular complexity index is 1070. The van der Waals surface area contributed by atoms with Crippen molar-refractivity contribution < 1.29 is 9.59 Å². The molecule has 0 atom stereocenters. The number of hydrazine groups is 1. The number of hydrogen-bond donors (Lipinski definition) is 2. The van der Waals surface area contributed by atoms with Gasteiger partial charge in [-0.25, -0.2) is 5.01 Å². The molecule has 37 heavy (non-hydrogen) atoms. The van der Waals surface area contributed by atoms with E-state index in [9.17, 15) is 14.9 Å². The summed E-state index contributed by atoms with van der Waals surface area (Å²) in [6, 6.07) is 14.3.